The first kappa shape index (κ1) is 29.9. The third-order valence-electron chi connectivity index (χ3n) is 8.30. The minimum Gasteiger partial charge on any atom is -0.206 e. The van der Waals surface area contributed by atoms with E-state index in [1.165, 1.54) is 25.7 Å². The van der Waals surface area contributed by atoms with Crippen LogP contribution in [-0.2, 0) is 6.42 Å². The molecule has 1 atom stereocenters. The molecule has 0 saturated carbocycles. The van der Waals surface area contributed by atoms with Crippen molar-refractivity contribution in [1.29, 1.82) is 0 Å². The average molecular weight is 545 g/mol. The molecule has 0 bridgehead atoms. The van der Waals surface area contributed by atoms with E-state index in [0.29, 0.717) is 29.0 Å². The zero-order valence-electron chi connectivity index (χ0n) is 24.1. The van der Waals surface area contributed by atoms with Crippen LogP contribution in [0, 0.1) is 23.4 Å². The second-order valence-electron chi connectivity index (χ2n) is 11.2. The normalized spacial score (nSPS) is 15.5. The Morgan fingerprint density at radius 3 is 2.17 bits per heavy atom. The molecule has 0 aliphatic heterocycles. The minimum atomic E-state index is -0.795. The van der Waals surface area contributed by atoms with E-state index in [-0.39, 0.29) is 11.4 Å². The molecule has 4 rings (SSSR count). The summed E-state index contributed by atoms with van der Waals surface area (Å²) in [4.78, 5) is 0. The van der Waals surface area contributed by atoms with Gasteiger partial charge in [0, 0.05) is 11.1 Å². The van der Waals surface area contributed by atoms with Crippen molar-refractivity contribution in [3.05, 3.63) is 101 Å². The summed E-state index contributed by atoms with van der Waals surface area (Å²) in [6.45, 7) is 4.23. The van der Waals surface area contributed by atoms with Crippen molar-refractivity contribution in [2.45, 2.75) is 90.9 Å². The minimum absolute atomic E-state index is 0.214. The first-order chi connectivity index (χ1) is 19.5. The second-order valence-corrected chi connectivity index (χ2v) is 11.2. The Balaban J connectivity index is 1.40. The smallest absolute Gasteiger partial charge is 0.166 e. The van der Waals surface area contributed by atoms with E-state index >= 15 is 4.39 Å². The Hall–Kier alpha value is -3.07. The zero-order valence-corrected chi connectivity index (χ0v) is 24.1. The van der Waals surface area contributed by atoms with Crippen LogP contribution in [0.25, 0.3) is 27.8 Å². The maximum atomic E-state index is 15.2. The SMILES string of the molecule is CC=CCCC1CC=C(c2ccc(-c3ccc(-c4ccc(CCCCCCCC)c(F)c4F)cc3)cc2F)CC1. The third kappa shape index (κ3) is 7.77. The van der Waals surface area contributed by atoms with Crippen molar-refractivity contribution >= 4 is 5.57 Å². The molecule has 212 valence electrons. The van der Waals surface area contributed by atoms with Gasteiger partial charge in [-0.3, -0.25) is 0 Å². The highest BCUT2D eigenvalue weighted by Gasteiger charge is 2.18. The molecule has 0 N–H and O–H groups in total. The zero-order chi connectivity index (χ0) is 28.3. The van der Waals surface area contributed by atoms with Gasteiger partial charge in [0.15, 0.2) is 11.6 Å². The number of aryl methyl sites for hydroxylation is 1. The molecule has 3 heteroatoms. The topological polar surface area (TPSA) is 0 Å². The fourth-order valence-electron chi connectivity index (χ4n) is 5.79. The van der Waals surface area contributed by atoms with Gasteiger partial charge in [0.25, 0.3) is 0 Å². The summed E-state index contributed by atoms with van der Waals surface area (Å²) in [6, 6.07) is 16.1. The van der Waals surface area contributed by atoms with Gasteiger partial charge in [-0.2, -0.15) is 0 Å². The summed E-state index contributed by atoms with van der Waals surface area (Å²) in [5.41, 5.74) is 4.71. The van der Waals surface area contributed by atoms with E-state index in [1.807, 2.05) is 24.3 Å². The molecule has 1 aliphatic carbocycles. The molecule has 1 aliphatic rings. The molecule has 3 aromatic rings. The maximum Gasteiger partial charge on any atom is 0.166 e. The number of allylic oxidation sites excluding steroid dienone is 4. The van der Waals surface area contributed by atoms with E-state index < -0.39 is 11.6 Å². The summed E-state index contributed by atoms with van der Waals surface area (Å²) in [7, 11) is 0. The van der Waals surface area contributed by atoms with E-state index in [1.54, 1.807) is 30.3 Å². The van der Waals surface area contributed by atoms with E-state index in [0.717, 1.165) is 61.6 Å². The molecule has 0 aromatic heterocycles. The molecule has 0 fully saturated rings. The number of unbranched alkanes of at least 4 members (excludes halogenated alkanes) is 5. The van der Waals surface area contributed by atoms with Crippen LogP contribution in [0.3, 0.4) is 0 Å². The van der Waals surface area contributed by atoms with Gasteiger partial charge in [0.05, 0.1) is 0 Å². The molecule has 0 saturated heterocycles. The lowest BCUT2D eigenvalue weighted by atomic mass is 9.84. The van der Waals surface area contributed by atoms with Crippen LogP contribution in [0.2, 0.25) is 0 Å². The first-order valence-electron chi connectivity index (χ1n) is 15.2. The predicted octanol–water partition coefficient (Wildman–Crippen LogP) is 11.9. The van der Waals surface area contributed by atoms with Gasteiger partial charge in [0.2, 0.25) is 0 Å². The van der Waals surface area contributed by atoms with E-state index in [4.69, 9.17) is 0 Å². The highest BCUT2D eigenvalue weighted by Crippen LogP contribution is 2.35. The molecule has 0 amide bonds. The van der Waals surface area contributed by atoms with Gasteiger partial charge in [-0.15, -0.1) is 0 Å². The second kappa shape index (κ2) is 15.1. The Labute approximate surface area is 239 Å². The van der Waals surface area contributed by atoms with Crippen LogP contribution in [0.4, 0.5) is 13.2 Å². The number of rotatable bonds is 13. The lowest BCUT2D eigenvalue weighted by Gasteiger charge is -2.22. The van der Waals surface area contributed by atoms with Crippen LogP contribution in [0.5, 0.6) is 0 Å². The molecule has 0 heterocycles. The van der Waals surface area contributed by atoms with Crippen molar-refractivity contribution in [3.8, 4) is 22.3 Å². The van der Waals surface area contributed by atoms with Gasteiger partial charge < -0.3 is 0 Å². The third-order valence-corrected chi connectivity index (χ3v) is 8.30. The molecule has 0 nitrogen and oxygen atoms in total. The van der Waals surface area contributed by atoms with Gasteiger partial charge in [0.1, 0.15) is 5.82 Å². The molecular weight excluding hydrogens is 501 g/mol. The summed E-state index contributed by atoms with van der Waals surface area (Å²) in [6.07, 6.45) is 19.1. The molecule has 3 aromatic carbocycles. The van der Waals surface area contributed by atoms with Gasteiger partial charge in [-0.25, -0.2) is 13.2 Å². The lowest BCUT2D eigenvalue weighted by Crippen LogP contribution is -2.06. The largest absolute Gasteiger partial charge is 0.206 e. The summed E-state index contributed by atoms with van der Waals surface area (Å²) < 4.78 is 45.0. The molecule has 1 unspecified atom stereocenters. The average Bonchev–Trinajstić information content (AvgIpc) is 2.98. The van der Waals surface area contributed by atoms with Crippen molar-refractivity contribution in [2.75, 3.05) is 0 Å². The lowest BCUT2D eigenvalue weighted by molar-refractivity contribution is 0.453. The van der Waals surface area contributed by atoms with Crippen LogP contribution >= 0.6 is 0 Å². The number of hydrogen-bond donors (Lipinski definition) is 0. The van der Waals surface area contributed by atoms with Crippen LogP contribution in [0.15, 0.2) is 72.8 Å². The summed E-state index contributed by atoms with van der Waals surface area (Å²) in [5, 5.41) is 0. The van der Waals surface area contributed by atoms with Crippen molar-refractivity contribution in [2.24, 2.45) is 5.92 Å². The van der Waals surface area contributed by atoms with E-state index in [2.05, 4.69) is 32.1 Å². The van der Waals surface area contributed by atoms with Crippen LogP contribution < -0.4 is 0 Å². The fourth-order valence-corrected chi connectivity index (χ4v) is 5.79. The maximum absolute atomic E-state index is 15.2. The number of benzene rings is 3. The number of halogens is 3. The van der Waals surface area contributed by atoms with Crippen molar-refractivity contribution in [3.63, 3.8) is 0 Å². The monoisotopic (exact) mass is 544 g/mol. The molecule has 0 radical (unpaired) electrons. The van der Waals surface area contributed by atoms with Crippen molar-refractivity contribution in [1.82, 2.24) is 0 Å². The summed E-state index contributed by atoms with van der Waals surface area (Å²) in [5.74, 6) is -1.07. The number of hydrogen-bond acceptors (Lipinski definition) is 0. The van der Waals surface area contributed by atoms with Gasteiger partial charge in [-0.1, -0.05) is 106 Å². The Morgan fingerprint density at radius 2 is 1.48 bits per heavy atom. The molecular formula is C37H43F3. The summed E-state index contributed by atoms with van der Waals surface area (Å²) >= 11 is 0. The van der Waals surface area contributed by atoms with Crippen molar-refractivity contribution < 1.29 is 13.2 Å². The highest BCUT2D eigenvalue weighted by molar-refractivity contribution is 5.74. The fraction of sp³-hybridized carbons (Fsp3) is 0.405. The van der Waals surface area contributed by atoms with Gasteiger partial charge >= 0.3 is 0 Å². The predicted molar refractivity (Wildman–Crippen MR) is 164 cm³/mol. The molecule has 0 spiro atoms. The van der Waals surface area contributed by atoms with Crippen LogP contribution in [0.1, 0.15) is 95.6 Å². The quantitative estimate of drug-likeness (QED) is 0.148. The highest BCUT2D eigenvalue weighted by atomic mass is 19.2. The Bertz CT molecular complexity index is 1300. The first-order valence-corrected chi connectivity index (χ1v) is 15.2. The van der Waals surface area contributed by atoms with Gasteiger partial charge in [-0.05, 0) is 91.7 Å². The Kier molecular flexibility index (Phi) is 11.3. The van der Waals surface area contributed by atoms with Crippen LogP contribution in [-0.4, -0.2) is 0 Å². The molecule has 40 heavy (non-hydrogen) atoms. The Morgan fingerprint density at radius 1 is 0.775 bits per heavy atom. The standard InChI is InChI=1S/C37H43F3/c1-3-5-7-8-9-11-13-31-22-25-34(37(40)36(31)39)30-20-18-28(19-21-30)32-23-24-33(35(38)26-32)29-16-14-27(15-17-29)12-10-6-4-2/h4,6,16,18-27H,3,5,7-15,17H2,1-2H3. The van der Waals surface area contributed by atoms with E-state index in [9.17, 15) is 8.78 Å².